The first-order valence-corrected chi connectivity index (χ1v) is 5.26. The molecule has 14 heavy (non-hydrogen) atoms. The van der Waals surface area contributed by atoms with Gasteiger partial charge in [-0.05, 0) is 34.8 Å². The molecule has 3 heteroatoms. The average Bonchev–Trinajstić information content (AvgIpc) is 2.18. The lowest BCUT2D eigenvalue weighted by atomic mass is 10.0. The molecule has 1 nitrogen and oxygen atoms in total. The lowest BCUT2D eigenvalue weighted by Gasteiger charge is -2.12. The van der Waals surface area contributed by atoms with Crippen molar-refractivity contribution >= 4 is 15.9 Å². The Morgan fingerprint density at radius 2 is 2.29 bits per heavy atom. The molecule has 1 atom stereocenters. The van der Waals surface area contributed by atoms with Gasteiger partial charge in [-0.1, -0.05) is 18.2 Å². The summed E-state index contributed by atoms with van der Waals surface area (Å²) in [5, 5.41) is 0. The molecule has 0 aliphatic carbocycles. The smallest absolute Gasteiger partial charge is 0.142 e. The number of hydrogen-bond donors (Lipinski definition) is 1. The van der Waals surface area contributed by atoms with Crippen molar-refractivity contribution in [1.82, 2.24) is 0 Å². The quantitative estimate of drug-likeness (QED) is 0.821. The maximum absolute atomic E-state index is 13.5. The summed E-state index contributed by atoms with van der Waals surface area (Å²) in [7, 11) is 0. The second-order valence-electron chi connectivity index (χ2n) is 3.12. The monoisotopic (exact) mass is 257 g/mol. The zero-order valence-corrected chi connectivity index (χ0v) is 9.43. The van der Waals surface area contributed by atoms with Gasteiger partial charge in [-0.2, -0.15) is 0 Å². The Morgan fingerprint density at radius 1 is 1.57 bits per heavy atom. The van der Waals surface area contributed by atoms with Crippen LogP contribution in [-0.2, 0) is 0 Å². The van der Waals surface area contributed by atoms with Crippen molar-refractivity contribution in [3.8, 4) is 0 Å². The summed E-state index contributed by atoms with van der Waals surface area (Å²) in [4.78, 5) is 0. The van der Waals surface area contributed by atoms with Gasteiger partial charge in [-0.15, -0.1) is 6.58 Å². The highest BCUT2D eigenvalue weighted by Gasteiger charge is 2.12. The van der Waals surface area contributed by atoms with E-state index in [2.05, 4.69) is 22.5 Å². The van der Waals surface area contributed by atoms with E-state index in [0.29, 0.717) is 10.0 Å². The van der Waals surface area contributed by atoms with Crippen molar-refractivity contribution in [1.29, 1.82) is 0 Å². The molecule has 0 amide bonds. The van der Waals surface area contributed by atoms with Crippen LogP contribution in [-0.4, -0.2) is 0 Å². The predicted molar refractivity (Wildman–Crippen MR) is 60.5 cm³/mol. The highest BCUT2D eigenvalue weighted by Crippen LogP contribution is 2.24. The van der Waals surface area contributed by atoms with Gasteiger partial charge in [-0.3, -0.25) is 0 Å². The molecule has 76 valence electrons. The first kappa shape index (κ1) is 11.4. The minimum Gasteiger partial charge on any atom is -0.324 e. The first-order chi connectivity index (χ1) is 6.66. The minimum atomic E-state index is -0.260. The van der Waals surface area contributed by atoms with Gasteiger partial charge in [0.1, 0.15) is 5.82 Å². The third-order valence-corrected chi connectivity index (χ3v) is 2.68. The van der Waals surface area contributed by atoms with Crippen LogP contribution in [0.25, 0.3) is 0 Å². The van der Waals surface area contributed by atoms with Crippen molar-refractivity contribution in [2.24, 2.45) is 5.73 Å². The van der Waals surface area contributed by atoms with E-state index >= 15 is 0 Å². The van der Waals surface area contributed by atoms with Crippen molar-refractivity contribution < 1.29 is 4.39 Å². The number of hydrogen-bond acceptors (Lipinski definition) is 1. The van der Waals surface area contributed by atoms with Crippen LogP contribution >= 0.6 is 15.9 Å². The molecule has 0 aromatic heterocycles. The molecular weight excluding hydrogens is 245 g/mol. The molecule has 1 rings (SSSR count). The molecule has 1 aromatic rings. The van der Waals surface area contributed by atoms with Gasteiger partial charge in [0.15, 0.2) is 0 Å². The molecule has 0 saturated heterocycles. The molecule has 1 aromatic carbocycles. The van der Waals surface area contributed by atoms with E-state index in [1.165, 1.54) is 0 Å². The molecule has 0 radical (unpaired) electrons. The third kappa shape index (κ3) is 2.66. The molecule has 0 spiro atoms. The van der Waals surface area contributed by atoms with Crippen LogP contribution in [0.5, 0.6) is 0 Å². The summed E-state index contributed by atoms with van der Waals surface area (Å²) in [6.07, 6.45) is 3.31. The average molecular weight is 258 g/mol. The molecular formula is C11H13BrFN. The molecule has 0 unspecified atom stereocenters. The zero-order chi connectivity index (χ0) is 10.6. The molecule has 0 aliphatic rings. The largest absolute Gasteiger partial charge is 0.324 e. The third-order valence-electron chi connectivity index (χ3n) is 2.06. The lowest BCUT2D eigenvalue weighted by molar-refractivity contribution is 0.562. The molecule has 2 N–H and O–H groups in total. The Morgan fingerprint density at radius 3 is 2.93 bits per heavy atom. The molecule has 0 heterocycles. The number of nitrogens with two attached hydrogens (primary N) is 1. The normalized spacial score (nSPS) is 12.5. The molecule has 0 fully saturated rings. The summed E-state index contributed by atoms with van der Waals surface area (Å²) < 4.78 is 14.0. The van der Waals surface area contributed by atoms with Gasteiger partial charge in [0, 0.05) is 11.6 Å². The van der Waals surface area contributed by atoms with Gasteiger partial charge in [0.05, 0.1) is 4.47 Å². The highest BCUT2D eigenvalue weighted by atomic mass is 79.9. The van der Waals surface area contributed by atoms with Crippen LogP contribution in [0.3, 0.4) is 0 Å². The fourth-order valence-electron chi connectivity index (χ4n) is 1.26. The van der Waals surface area contributed by atoms with Crippen LogP contribution < -0.4 is 5.73 Å². The topological polar surface area (TPSA) is 26.0 Å². The van der Waals surface area contributed by atoms with Crippen LogP contribution in [0, 0.1) is 5.82 Å². The van der Waals surface area contributed by atoms with Crippen LogP contribution in [0.2, 0.25) is 0 Å². The van der Waals surface area contributed by atoms with E-state index in [0.717, 1.165) is 12.8 Å². The summed E-state index contributed by atoms with van der Waals surface area (Å²) in [5.74, 6) is -0.260. The zero-order valence-electron chi connectivity index (χ0n) is 7.84. The van der Waals surface area contributed by atoms with Crippen LogP contribution in [0.15, 0.2) is 35.3 Å². The lowest BCUT2D eigenvalue weighted by Crippen LogP contribution is -2.11. The maximum Gasteiger partial charge on any atom is 0.142 e. The number of rotatable bonds is 4. The SMILES string of the molecule is C=CCC[C@H](N)c1cccc(Br)c1F. The van der Waals surface area contributed by atoms with Gasteiger partial charge >= 0.3 is 0 Å². The second kappa shape index (κ2) is 5.27. The number of allylic oxidation sites excluding steroid dienone is 1. The fraction of sp³-hybridized carbons (Fsp3) is 0.273. The van der Waals surface area contributed by atoms with E-state index in [4.69, 9.17) is 5.73 Å². The molecule has 0 bridgehead atoms. The molecule has 0 saturated carbocycles. The van der Waals surface area contributed by atoms with Crippen molar-refractivity contribution in [3.63, 3.8) is 0 Å². The van der Waals surface area contributed by atoms with Crippen molar-refractivity contribution in [3.05, 3.63) is 46.7 Å². The van der Waals surface area contributed by atoms with Gasteiger partial charge in [0.25, 0.3) is 0 Å². The second-order valence-corrected chi connectivity index (χ2v) is 3.97. The Bertz CT molecular complexity index is 325. The van der Waals surface area contributed by atoms with Gasteiger partial charge in [0.2, 0.25) is 0 Å². The summed E-state index contributed by atoms with van der Waals surface area (Å²) in [6, 6.07) is 4.91. The highest BCUT2D eigenvalue weighted by molar-refractivity contribution is 9.10. The molecule has 0 aliphatic heterocycles. The summed E-state index contributed by atoms with van der Waals surface area (Å²) in [6.45, 7) is 3.61. The Kier molecular flexibility index (Phi) is 4.29. The van der Waals surface area contributed by atoms with Crippen LogP contribution in [0.1, 0.15) is 24.4 Å². The van der Waals surface area contributed by atoms with E-state index in [1.54, 1.807) is 24.3 Å². The van der Waals surface area contributed by atoms with E-state index in [1.807, 2.05) is 0 Å². The number of benzene rings is 1. The van der Waals surface area contributed by atoms with E-state index in [-0.39, 0.29) is 11.9 Å². The minimum absolute atomic E-state index is 0.259. The number of halogens is 2. The Balaban J connectivity index is 2.83. The van der Waals surface area contributed by atoms with E-state index in [9.17, 15) is 4.39 Å². The Labute approximate surface area is 91.9 Å². The Hall–Kier alpha value is -0.670. The predicted octanol–water partition coefficient (Wildman–Crippen LogP) is 3.55. The van der Waals surface area contributed by atoms with E-state index < -0.39 is 0 Å². The standard InChI is InChI=1S/C11H13BrFN/c1-2-3-7-10(14)8-5-4-6-9(12)11(8)13/h2,4-6,10H,1,3,7,14H2/t10-/m0/s1. The van der Waals surface area contributed by atoms with Crippen molar-refractivity contribution in [2.75, 3.05) is 0 Å². The van der Waals surface area contributed by atoms with Crippen molar-refractivity contribution in [2.45, 2.75) is 18.9 Å². The first-order valence-electron chi connectivity index (χ1n) is 4.47. The summed E-state index contributed by atoms with van der Waals surface area (Å²) in [5.41, 5.74) is 6.40. The van der Waals surface area contributed by atoms with Gasteiger partial charge in [-0.25, -0.2) is 4.39 Å². The summed E-state index contributed by atoms with van der Waals surface area (Å²) >= 11 is 3.13. The fourth-order valence-corrected chi connectivity index (χ4v) is 1.64. The van der Waals surface area contributed by atoms with Crippen LogP contribution in [0.4, 0.5) is 4.39 Å². The maximum atomic E-state index is 13.5. The van der Waals surface area contributed by atoms with Gasteiger partial charge < -0.3 is 5.73 Å².